The Labute approximate surface area is 140 Å². The van der Waals surface area contributed by atoms with Crippen LogP contribution in [-0.2, 0) is 6.42 Å². The van der Waals surface area contributed by atoms with Crippen LogP contribution in [0.25, 0.3) is 11.1 Å². The number of nitrogens with two attached hydrogens (primary N) is 1. The van der Waals surface area contributed by atoms with E-state index in [9.17, 15) is 10.1 Å². The molecule has 1 heterocycles. The smallest absolute Gasteiger partial charge is 0.259 e. The molecule has 0 bridgehead atoms. The van der Waals surface area contributed by atoms with E-state index in [1.807, 2.05) is 19.1 Å². The zero-order valence-electron chi connectivity index (χ0n) is 13.3. The van der Waals surface area contributed by atoms with Gasteiger partial charge in [0, 0.05) is 10.4 Å². The van der Waals surface area contributed by atoms with Crippen LogP contribution in [0.5, 0.6) is 0 Å². The molecule has 0 atom stereocenters. The van der Waals surface area contributed by atoms with Gasteiger partial charge in [-0.05, 0) is 36.3 Å². The molecule has 1 fully saturated rings. The van der Waals surface area contributed by atoms with E-state index in [0.717, 1.165) is 16.9 Å². The number of benzene rings is 1. The molecule has 0 aliphatic heterocycles. The molecular weight excluding hydrogens is 304 g/mol. The molecule has 1 aromatic heterocycles. The van der Waals surface area contributed by atoms with Crippen molar-refractivity contribution < 1.29 is 4.79 Å². The summed E-state index contributed by atoms with van der Waals surface area (Å²) in [6, 6.07) is 10.6. The van der Waals surface area contributed by atoms with Crippen LogP contribution in [0.4, 0.5) is 0 Å². The van der Waals surface area contributed by atoms with Crippen molar-refractivity contribution >= 4 is 17.2 Å². The summed E-state index contributed by atoms with van der Waals surface area (Å²) in [5.41, 5.74) is 9.11. The Morgan fingerprint density at radius 2 is 1.96 bits per heavy atom. The third-order valence-corrected chi connectivity index (χ3v) is 6.01. The van der Waals surface area contributed by atoms with Crippen LogP contribution in [0.15, 0.2) is 24.3 Å². The maximum Gasteiger partial charge on any atom is 0.259 e. The molecule has 0 unspecified atom stereocenters. The lowest BCUT2D eigenvalue weighted by Crippen LogP contribution is -2.10. The minimum Gasteiger partial charge on any atom is -0.365 e. The maximum atomic E-state index is 11.8. The van der Waals surface area contributed by atoms with Gasteiger partial charge in [-0.3, -0.25) is 4.79 Å². The van der Waals surface area contributed by atoms with Crippen molar-refractivity contribution in [3.8, 4) is 17.2 Å². The van der Waals surface area contributed by atoms with Crippen molar-refractivity contribution in [3.05, 3.63) is 45.1 Å². The van der Waals surface area contributed by atoms with Gasteiger partial charge in [0.2, 0.25) is 0 Å². The molecule has 0 radical (unpaired) electrons. The number of nitriles is 1. The van der Waals surface area contributed by atoms with Gasteiger partial charge in [0.25, 0.3) is 5.91 Å². The summed E-state index contributed by atoms with van der Waals surface area (Å²) in [5.74, 6) is 0.199. The molecule has 23 heavy (non-hydrogen) atoms. The zero-order chi connectivity index (χ0) is 16.4. The molecule has 2 aromatic rings. The van der Waals surface area contributed by atoms with Crippen LogP contribution in [-0.4, -0.2) is 5.91 Å². The van der Waals surface area contributed by atoms with Crippen molar-refractivity contribution in [3.63, 3.8) is 0 Å². The first-order chi connectivity index (χ1) is 11.2. The van der Waals surface area contributed by atoms with Gasteiger partial charge in [-0.25, -0.2) is 0 Å². The number of thiophene rings is 1. The fourth-order valence-corrected chi connectivity index (χ4v) is 4.54. The fraction of sp³-hybridized carbons (Fsp3) is 0.368. The Bertz CT molecular complexity index is 762. The van der Waals surface area contributed by atoms with E-state index >= 15 is 0 Å². The number of amides is 1. The lowest BCUT2D eigenvalue weighted by molar-refractivity contribution is 0.100. The first-order valence-electron chi connectivity index (χ1n) is 8.11. The maximum absolute atomic E-state index is 11.8. The SMILES string of the molecule is CCc1sc(C(N)=O)c(-c2ccc(C3CCCC3)cc2)c1C#N. The number of carbonyl (C=O) groups excluding carboxylic acids is 1. The Morgan fingerprint density at radius 1 is 1.30 bits per heavy atom. The van der Waals surface area contributed by atoms with E-state index in [4.69, 9.17) is 5.73 Å². The average Bonchev–Trinajstić information content (AvgIpc) is 3.22. The molecule has 2 N–H and O–H groups in total. The lowest BCUT2D eigenvalue weighted by atomic mass is 9.93. The van der Waals surface area contributed by atoms with Crippen molar-refractivity contribution in [2.24, 2.45) is 5.73 Å². The number of carbonyl (C=O) groups is 1. The molecule has 118 valence electrons. The highest BCUT2D eigenvalue weighted by Gasteiger charge is 2.22. The van der Waals surface area contributed by atoms with Crippen molar-refractivity contribution in [2.75, 3.05) is 0 Å². The van der Waals surface area contributed by atoms with Crippen LogP contribution in [0.2, 0.25) is 0 Å². The van der Waals surface area contributed by atoms with Gasteiger partial charge in [-0.2, -0.15) is 5.26 Å². The predicted octanol–water partition coefficient (Wildman–Crippen LogP) is 4.61. The molecule has 1 amide bonds. The second-order valence-corrected chi connectivity index (χ2v) is 7.14. The lowest BCUT2D eigenvalue weighted by Gasteiger charge is -2.10. The van der Waals surface area contributed by atoms with Gasteiger partial charge >= 0.3 is 0 Å². The highest BCUT2D eigenvalue weighted by molar-refractivity contribution is 7.14. The number of nitrogens with zero attached hydrogens (tertiary/aromatic N) is 1. The molecule has 4 heteroatoms. The van der Waals surface area contributed by atoms with Crippen LogP contribution in [0.1, 0.15) is 64.2 Å². The zero-order valence-corrected chi connectivity index (χ0v) is 14.1. The first kappa shape index (κ1) is 15.8. The summed E-state index contributed by atoms with van der Waals surface area (Å²) in [6.45, 7) is 1.99. The summed E-state index contributed by atoms with van der Waals surface area (Å²) in [6.07, 6.45) is 5.86. The number of hydrogen-bond donors (Lipinski definition) is 1. The summed E-state index contributed by atoms with van der Waals surface area (Å²) in [4.78, 5) is 13.2. The molecule has 1 aliphatic carbocycles. The Balaban J connectivity index is 2.05. The molecule has 3 nitrogen and oxygen atoms in total. The van der Waals surface area contributed by atoms with Crippen LogP contribution >= 0.6 is 11.3 Å². The number of aryl methyl sites for hydroxylation is 1. The topological polar surface area (TPSA) is 66.9 Å². The average molecular weight is 324 g/mol. The number of rotatable bonds is 4. The van der Waals surface area contributed by atoms with Crippen molar-refractivity contribution in [1.82, 2.24) is 0 Å². The second-order valence-electron chi connectivity index (χ2n) is 6.04. The molecule has 1 aliphatic rings. The summed E-state index contributed by atoms with van der Waals surface area (Å²) >= 11 is 1.35. The van der Waals surface area contributed by atoms with Gasteiger partial charge in [0.05, 0.1) is 5.56 Å². The molecule has 3 rings (SSSR count). The number of primary amides is 1. The standard InChI is InChI=1S/C19H20N2OS/c1-2-16-15(11-20)17(18(23-16)19(21)22)14-9-7-13(8-10-14)12-5-3-4-6-12/h7-10,12H,2-6H2,1H3,(H2,21,22). The van der Waals surface area contributed by atoms with Crippen LogP contribution in [0, 0.1) is 11.3 Å². The summed E-state index contributed by atoms with van der Waals surface area (Å²) in [7, 11) is 0. The third-order valence-electron chi connectivity index (χ3n) is 4.66. The molecule has 1 aromatic carbocycles. The number of hydrogen-bond acceptors (Lipinski definition) is 3. The van der Waals surface area contributed by atoms with E-state index in [2.05, 4.69) is 18.2 Å². The van der Waals surface area contributed by atoms with Crippen LogP contribution < -0.4 is 5.73 Å². The predicted molar refractivity (Wildman–Crippen MR) is 93.6 cm³/mol. The van der Waals surface area contributed by atoms with Gasteiger partial charge in [-0.15, -0.1) is 11.3 Å². The first-order valence-corrected chi connectivity index (χ1v) is 8.93. The van der Waals surface area contributed by atoms with Gasteiger partial charge < -0.3 is 5.73 Å². The molecule has 0 saturated heterocycles. The van der Waals surface area contributed by atoms with Crippen LogP contribution in [0.3, 0.4) is 0 Å². The Morgan fingerprint density at radius 3 is 2.48 bits per heavy atom. The van der Waals surface area contributed by atoms with Crippen molar-refractivity contribution in [1.29, 1.82) is 5.26 Å². The minimum absolute atomic E-state index is 0.457. The van der Waals surface area contributed by atoms with Crippen molar-refractivity contribution in [2.45, 2.75) is 44.9 Å². The van der Waals surface area contributed by atoms with Gasteiger partial charge in [-0.1, -0.05) is 44.0 Å². The fourth-order valence-electron chi connectivity index (χ4n) is 3.48. The highest BCUT2D eigenvalue weighted by atomic mass is 32.1. The monoisotopic (exact) mass is 324 g/mol. The Hall–Kier alpha value is -2.12. The van der Waals surface area contributed by atoms with E-state index in [0.29, 0.717) is 21.9 Å². The Kier molecular flexibility index (Phi) is 4.49. The molecular formula is C19H20N2OS. The molecule has 1 saturated carbocycles. The normalized spacial score (nSPS) is 14.8. The van der Waals surface area contributed by atoms with E-state index in [1.165, 1.54) is 42.6 Å². The van der Waals surface area contributed by atoms with Gasteiger partial charge in [0.1, 0.15) is 10.9 Å². The third kappa shape index (κ3) is 2.89. The van der Waals surface area contributed by atoms with E-state index < -0.39 is 5.91 Å². The quantitative estimate of drug-likeness (QED) is 0.892. The summed E-state index contributed by atoms with van der Waals surface area (Å²) < 4.78 is 0. The van der Waals surface area contributed by atoms with Gasteiger partial charge in [0.15, 0.2) is 0 Å². The summed E-state index contributed by atoms with van der Waals surface area (Å²) in [5, 5.41) is 9.52. The minimum atomic E-state index is -0.457. The molecule has 0 spiro atoms. The van der Waals surface area contributed by atoms with E-state index in [1.54, 1.807) is 0 Å². The highest BCUT2D eigenvalue weighted by Crippen LogP contribution is 2.39. The largest absolute Gasteiger partial charge is 0.365 e. The van der Waals surface area contributed by atoms with E-state index in [-0.39, 0.29) is 0 Å². The second kappa shape index (κ2) is 6.55.